The fourth-order valence-electron chi connectivity index (χ4n) is 2.71. The molecule has 7 heteroatoms. The van der Waals surface area contributed by atoms with E-state index >= 15 is 0 Å². The Morgan fingerprint density at radius 1 is 1.13 bits per heavy atom. The van der Waals surface area contributed by atoms with E-state index in [0.717, 1.165) is 25.7 Å². The molecule has 0 fully saturated rings. The Balaban J connectivity index is 2.05. The Kier molecular flexibility index (Phi) is 6.15. The predicted molar refractivity (Wildman–Crippen MR) is 86.0 cm³/mol. The zero-order chi connectivity index (χ0) is 16.8. The second-order valence-electron chi connectivity index (χ2n) is 5.77. The second-order valence-corrected chi connectivity index (χ2v) is 6.91. The van der Waals surface area contributed by atoms with Gasteiger partial charge < -0.3 is 15.5 Å². The van der Waals surface area contributed by atoms with Crippen LogP contribution in [0.25, 0.3) is 0 Å². The van der Waals surface area contributed by atoms with Crippen molar-refractivity contribution in [3.05, 3.63) is 21.4 Å². The minimum absolute atomic E-state index is 0.124. The highest BCUT2D eigenvalue weighted by atomic mass is 32.1. The largest absolute Gasteiger partial charge is 0.481 e. The number of carbonyl (C=O) groups excluding carboxylic acids is 1. The molecule has 0 aromatic carbocycles. The van der Waals surface area contributed by atoms with Crippen LogP contribution in [0.2, 0.25) is 0 Å². The summed E-state index contributed by atoms with van der Waals surface area (Å²) >= 11 is 1.42. The first-order chi connectivity index (χ1) is 11.0. The molecule has 23 heavy (non-hydrogen) atoms. The summed E-state index contributed by atoms with van der Waals surface area (Å²) in [6, 6.07) is 0.680. The normalized spacial score (nSPS) is 15.8. The number of carbonyl (C=O) groups is 3. The summed E-state index contributed by atoms with van der Waals surface area (Å²) in [5, 5.41) is 20.2. The number of amides is 1. The van der Waals surface area contributed by atoms with E-state index in [1.54, 1.807) is 0 Å². The molecule has 0 spiro atoms. The van der Waals surface area contributed by atoms with Crippen LogP contribution in [0.1, 0.15) is 58.6 Å². The summed E-state index contributed by atoms with van der Waals surface area (Å²) in [4.78, 5) is 35.7. The smallest absolute Gasteiger partial charge is 0.326 e. The van der Waals surface area contributed by atoms with Gasteiger partial charge in [-0.3, -0.25) is 9.59 Å². The Labute approximate surface area is 138 Å². The molecule has 0 saturated heterocycles. The summed E-state index contributed by atoms with van der Waals surface area (Å²) in [5.74, 6) is -2.72. The van der Waals surface area contributed by atoms with E-state index in [0.29, 0.717) is 4.88 Å². The van der Waals surface area contributed by atoms with Crippen LogP contribution in [0, 0.1) is 0 Å². The van der Waals surface area contributed by atoms with Crippen molar-refractivity contribution < 1.29 is 24.6 Å². The van der Waals surface area contributed by atoms with Gasteiger partial charge in [0.2, 0.25) is 0 Å². The average molecular weight is 339 g/mol. The van der Waals surface area contributed by atoms with E-state index in [-0.39, 0.29) is 12.8 Å². The highest BCUT2D eigenvalue weighted by Crippen LogP contribution is 2.28. The lowest BCUT2D eigenvalue weighted by Gasteiger charge is -2.12. The molecule has 1 heterocycles. The number of thiophene rings is 1. The van der Waals surface area contributed by atoms with Crippen molar-refractivity contribution in [2.24, 2.45) is 0 Å². The first-order valence-corrected chi connectivity index (χ1v) is 8.66. The van der Waals surface area contributed by atoms with Crippen LogP contribution in [-0.2, 0) is 22.4 Å². The lowest BCUT2D eigenvalue weighted by molar-refractivity contribution is -0.140. The Morgan fingerprint density at radius 2 is 1.83 bits per heavy atom. The van der Waals surface area contributed by atoms with Gasteiger partial charge in [0.1, 0.15) is 6.04 Å². The van der Waals surface area contributed by atoms with E-state index in [2.05, 4.69) is 5.32 Å². The van der Waals surface area contributed by atoms with Gasteiger partial charge in [-0.15, -0.1) is 11.3 Å². The van der Waals surface area contributed by atoms with Gasteiger partial charge in [-0.05, 0) is 43.7 Å². The number of fused-ring (bicyclic) bond motifs is 1. The maximum Gasteiger partial charge on any atom is 0.326 e. The molecule has 0 bridgehead atoms. The van der Waals surface area contributed by atoms with Gasteiger partial charge in [0.05, 0.1) is 4.88 Å². The van der Waals surface area contributed by atoms with Crippen molar-refractivity contribution in [2.75, 3.05) is 0 Å². The van der Waals surface area contributed by atoms with Gasteiger partial charge in [-0.2, -0.15) is 0 Å². The Hall–Kier alpha value is -1.89. The quantitative estimate of drug-likeness (QED) is 0.738. The van der Waals surface area contributed by atoms with Crippen LogP contribution in [0.15, 0.2) is 6.07 Å². The van der Waals surface area contributed by atoms with Gasteiger partial charge in [-0.1, -0.05) is 12.8 Å². The van der Waals surface area contributed by atoms with Gasteiger partial charge in [-0.25, -0.2) is 4.79 Å². The molecule has 0 radical (unpaired) electrons. The third-order valence-corrected chi connectivity index (χ3v) is 5.21. The zero-order valence-corrected chi connectivity index (χ0v) is 13.7. The molecular formula is C16H21NO5S. The fraction of sp³-hybridized carbons (Fsp3) is 0.562. The van der Waals surface area contributed by atoms with Gasteiger partial charge in [0, 0.05) is 11.3 Å². The number of nitrogens with one attached hydrogen (secondary N) is 1. The van der Waals surface area contributed by atoms with Crippen molar-refractivity contribution in [1.29, 1.82) is 0 Å². The van der Waals surface area contributed by atoms with Gasteiger partial charge in [0.25, 0.3) is 5.91 Å². The van der Waals surface area contributed by atoms with Crippen molar-refractivity contribution >= 4 is 29.2 Å². The number of aryl methyl sites for hydroxylation is 2. The number of carboxylic acid groups (broad SMARTS) is 2. The third kappa shape index (κ3) is 5.06. The van der Waals surface area contributed by atoms with E-state index in [1.807, 2.05) is 6.07 Å². The van der Waals surface area contributed by atoms with E-state index < -0.39 is 23.9 Å². The number of hydrogen-bond acceptors (Lipinski definition) is 4. The average Bonchev–Trinajstić information content (AvgIpc) is 2.85. The summed E-state index contributed by atoms with van der Waals surface area (Å²) in [6.07, 6.45) is 6.14. The molecular weight excluding hydrogens is 318 g/mol. The van der Waals surface area contributed by atoms with E-state index in [1.165, 1.54) is 34.6 Å². The molecule has 2 rings (SSSR count). The first-order valence-electron chi connectivity index (χ1n) is 7.84. The summed E-state index contributed by atoms with van der Waals surface area (Å²) in [7, 11) is 0. The lowest BCUT2D eigenvalue weighted by atomic mass is 10.00. The lowest BCUT2D eigenvalue weighted by Crippen LogP contribution is -2.40. The number of rotatable bonds is 6. The van der Waals surface area contributed by atoms with E-state index in [4.69, 9.17) is 10.2 Å². The van der Waals surface area contributed by atoms with Gasteiger partial charge in [0.15, 0.2) is 0 Å². The van der Waals surface area contributed by atoms with Crippen LogP contribution in [0.5, 0.6) is 0 Å². The topological polar surface area (TPSA) is 104 Å². The van der Waals surface area contributed by atoms with Crippen molar-refractivity contribution in [3.8, 4) is 0 Å². The van der Waals surface area contributed by atoms with Crippen LogP contribution in [-0.4, -0.2) is 34.1 Å². The third-order valence-electron chi connectivity index (χ3n) is 3.97. The zero-order valence-electron chi connectivity index (χ0n) is 12.8. The number of carboxylic acids is 2. The molecule has 1 aromatic rings. The molecule has 1 amide bonds. The minimum atomic E-state index is -1.21. The molecule has 6 nitrogen and oxygen atoms in total. The monoisotopic (exact) mass is 339 g/mol. The highest BCUT2D eigenvalue weighted by molar-refractivity contribution is 7.14. The molecule has 126 valence electrons. The summed E-state index contributed by atoms with van der Waals surface area (Å²) < 4.78 is 0. The predicted octanol–water partition coefficient (Wildman–Crippen LogP) is 2.45. The van der Waals surface area contributed by atoms with Crippen LogP contribution in [0.3, 0.4) is 0 Å². The number of aliphatic carboxylic acids is 2. The molecule has 0 aliphatic heterocycles. The second kappa shape index (κ2) is 8.10. The van der Waals surface area contributed by atoms with Crippen LogP contribution < -0.4 is 5.32 Å². The molecule has 1 aromatic heterocycles. The van der Waals surface area contributed by atoms with Crippen molar-refractivity contribution in [3.63, 3.8) is 0 Å². The molecule has 3 N–H and O–H groups in total. The van der Waals surface area contributed by atoms with Crippen molar-refractivity contribution in [1.82, 2.24) is 5.32 Å². The molecule has 0 saturated carbocycles. The Morgan fingerprint density at radius 3 is 2.48 bits per heavy atom. The van der Waals surface area contributed by atoms with Crippen molar-refractivity contribution in [2.45, 2.75) is 57.4 Å². The highest BCUT2D eigenvalue weighted by Gasteiger charge is 2.23. The number of hydrogen-bond donors (Lipinski definition) is 3. The fourth-order valence-corrected chi connectivity index (χ4v) is 3.87. The molecule has 1 unspecified atom stereocenters. The van der Waals surface area contributed by atoms with Crippen LogP contribution >= 0.6 is 11.3 Å². The standard InChI is InChI=1S/C16H21NO5S/c18-14(19)8-7-11(16(21)22)17-15(20)13-9-10-5-3-1-2-4-6-12(10)23-13/h9,11H,1-8H2,(H,17,20)(H,18,19)(H,21,22). The first kappa shape index (κ1) is 17.5. The summed E-state index contributed by atoms with van der Waals surface area (Å²) in [6.45, 7) is 0. The molecule has 1 atom stereocenters. The maximum absolute atomic E-state index is 12.3. The van der Waals surface area contributed by atoms with Gasteiger partial charge >= 0.3 is 11.9 Å². The SMILES string of the molecule is O=C(O)CCC(NC(=O)c1cc2c(s1)CCCCCC2)C(=O)O. The minimum Gasteiger partial charge on any atom is -0.481 e. The maximum atomic E-state index is 12.3. The molecule has 1 aliphatic carbocycles. The summed E-state index contributed by atoms with van der Waals surface area (Å²) in [5.41, 5.74) is 1.19. The van der Waals surface area contributed by atoms with E-state index in [9.17, 15) is 14.4 Å². The Bertz CT molecular complexity index is 570. The molecule has 1 aliphatic rings. The van der Waals surface area contributed by atoms with Crippen LogP contribution in [0.4, 0.5) is 0 Å².